The number of oxazole rings is 1. The first-order valence-corrected chi connectivity index (χ1v) is 6.51. The zero-order chi connectivity index (χ0) is 13.9. The van der Waals surface area contributed by atoms with Crippen LogP contribution in [0.15, 0.2) is 10.7 Å². The van der Waals surface area contributed by atoms with Crippen LogP contribution in [-0.4, -0.2) is 43.4 Å². The molecule has 1 aromatic heterocycles. The van der Waals surface area contributed by atoms with Crippen molar-refractivity contribution >= 4 is 12.0 Å². The summed E-state index contributed by atoms with van der Waals surface area (Å²) in [5, 5.41) is 0. The predicted molar refractivity (Wildman–Crippen MR) is 69.3 cm³/mol. The molecular weight excluding hydrogens is 248 g/mol. The number of anilines is 1. The Morgan fingerprint density at radius 2 is 2.42 bits per heavy atom. The molecular formula is C13H20N2O4. The monoisotopic (exact) mass is 268 g/mol. The Morgan fingerprint density at radius 3 is 3.11 bits per heavy atom. The zero-order valence-electron chi connectivity index (χ0n) is 11.6. The fraction of sp³-hybridized carbons (Fsp3) is 0.692. The number of esters is 1. The van der Waals surface area contributed by atoms with E-state index < -0.39 is 5.97 Å². The van der Waals surface area contributed by atoms with Gasteiger partial charge in [0.1, 0.15) is 6.26 Å². The van der Waals surface area contributed by atoms with E-state index in [1.807, 2.05) is 4.90 Å². The molecule has 6 nitrogen and oxygen atoms in total. The van der Waals surface area contributed by atoms with Gasteiger partial charge in [0, 0.05) is 13.7 Å². The SMILES string of the molecule is CCOC(=O)c1coc(N2CCCC(C)(OC)C2)n1. The summed E-state index contributed by atoms with van der Waals surface area (Å²) in [7, 11) is 1.71. The van der Waals surface area contributed by atoms with Crippen molar-refractivity contribution in [2.45, 2.75) is 32.3 Å². The lowest BCUT2D eigenvalue weighted by Gasteiger charge is -2.38. The van der Waals surface area contributed by atoms with Crippen LogP contribution in [0.4, 0.5) is 6.01 Å². The van der Waals surface area contributed by atoms with E-state index in [0.29, 0.717) is 19.2 Å². The van der Waals surface area contributed by atoms with Crippen LogP contribution in [0.2, 0.25) is 0 Å². The maximum atomic E-state index is 11.5. The van der Waals surface area contributed by atoms with Crippen molar-refractivity contribution in [2.24, 2.45) is 0 Å². The van der Waals surface area contributed by atoms with Gasteiger partial charge in [0.15, 0.2) is 5.69 Å². The van der Waals surface area contributed by atoms with Gasteiger partial charge in [0.25, 0.3) is 6.01 Å². The van der Waals surface area contributed by atoms with Crippen LogP contribution in [-0.2, 0) is 9.47 Å². The van der Waals surface area contributed by atoms with Gasteiger partial charge in [-0.25, -0.2) is 4.79 Å². The van der Waals surface area contributed by atoms with E-state index in [0.717, 1.165) is 19.4 Å². The van der Waals surface area contributed by atoms with E-state index in [9.17, 15) is 4.79 Å². The van der Waals surface area contributed by atoms with Crippen molar-refractivity contribution in [2.75, 3.05) is 31.7 Å². The molecule has 0 aromatic carbocycles. The third-order valence-corrected chi connectivity index (χ3v) is 3.40. The Balaban J connectivity index is 2.08. The highest BCUT2D eigenvalue weighted by molar-refractivity contribution is 5.87. The topological polar surface area (TPSA) is 64.8 Å². The number of carbonyl (C=O) groups excluding carboxylic acids is 1. The number of carbonyl (C=O) groups is 1. The van der Waals surface area contributed by atoms with Crippen molar-refractivity contribution < 1.29 is 18.7 Å². The van der Waals surface area contributed by atoms with Crippen LogP contribution in [0.1, 0.15) is 37.2 Å². The van der Waals surface area contributed by atoms with Crippen LogP contribution in [0.3, 0.4) is 0 Å². The minimum atomic E-state index is -0.455. The number of piperidine rings is 1. The van der Waals surface area contributed by atoms with Gasteiger partial charge in [0.2, 0.25) is 0 Å². The quantitative estimate of drug-likeness (QED) is 0.777. The van der Waals surface area contributed by atoms with Crippen molar-refractivity contribution in [3.8, 4) is 0 Å². The average molecular weight is 268 g/mol. The van der Waals surface area contributed by atoms with Crippen LogP contribution in [0, 0.1) is 0 Å². The minimum absolute atomic E-state index is 0.198. The van der Waals surface area contributed by atoms with E-state index >= 15 is 0 Å². The lowest BCUT2D eigenvalue weighted by atomic mass is 9.95. The number of ether oxygens (including phenoxy) is 2. The maximum Gasteiger partial charge on any atom is 0.360 e. The largest absolute Gasteiger partial charge is 0.461 e. The average Bonchev–Trinajstić information content (AvgIpc) is 2.89. The third kappa shape index (κ3) is 3.07. The summed E-state index contributed by atoms with van der Waals surface area (Å²) >= 11 is 0. The minimum Gasteiger partial charge on any atom is -0.461 e. The summed E-state index contributed by atoms with van der Waals surface area (Å²) in [5.41, 5.74) is 0.0122. The summed E-state index contributed by atoms with van der Waals surface area (Å²) in [6.45, 7) is 5.70. The van der Waals surface area contributed by atoms with Gasteiger partial charge in [-0.2, -0.15) is 4.98 Å². The standard InChI is InChI=1S/C13H20N2O4/c1-4-18-11(16)10-8-19-12(14-10)15-7-5-6-13(2,9-15)17-3/h8H,4-7,9H2,1-3H3. The second kappa shape index (κ2) is 5.61. The molecule has 6 heteroatoms. The maximum absolute atomic E-state index is 11.5. The molecule has 19 heavy (non-hydrogen) atoms. The van der Waals surface area contributed by atoms with Gasteiger partial charge in [0.05, 0.1) is 18.8 Å². The van der Waals surface area contributed by atoms with Gasteiger partial charge in [-0.1, -0.05) is 0 Å². The highest BCUT2D eigenvalue weighted by Gasteiger charge is 2.33. The molecule has 0 radical (unpaired) electrons. The first-order chi connectivity index (χ1) is 9.08. The van der Waals surface area contributed by atoms with Crippen LogP contribution >= 0.6 is 0 Å². The molecule has 1 unspecified atom stereocenters. The molecule has 0 bridgehead atoms. The van der Waals surface area contributed by atoms with E-state index in [1.165, 1.54) is 6.26 Å². The smallest absolute Gasteiger partial charge is 0.360 e. The summed E-state index contributed by atoms with van der Waals surface area (Å²) in [6, 6.07) is 0.450. The number of hydrogen-bond donors (Lipinski definition) is 0. The van der Waals surface area contributed by atoms with Crippen LogP contribution < -0.4 is 4.90 Å². The molecule has 1 saturated heterocycles. The molecule has 2 rings (SSSR count). The lowest BCUT2D eigenvalue weighted by molar-refractivity contribution is -0.00564. The third-order valence-electron chi connectivity index (χ3n) is 3.40. The molecule has 0 spiro atoms. The Kier molecular flexibility index (Phi) is 4.09. The number of nitrogens with zero attached hydrogens (tertiary/aromatic N) is 2. The molecule has 1 aliphatic heterocycles. The van der Waals surface area contributed by atoms with Crippen LogP contribution in [0.5, 0.6) is 0 Å². The molecule has 0 saturated carbocycles. The fourth-order valence-corrected chi connectivity index (χ4v) is 2.24. The summed E-state index contributed by atoms with van der Waals surface area (Å²) in [5.74, 6) is -0.455. The fourth-order valence-electron chi connectivity index (χ4n) is 2.24. The Bertz CT molecular complexity index is 446. The van der Waals surface area contributed by atoms with Crippen molar-refractivity contribution in [1.82, 2.24) is 4.98 Å². The summed E-state index contributed by atoms with van der Waals surface area (Å²) < 4.78 is 15.8. The molecule has 0 amide bonds. The van der Waals surface area contributed by atoms with E-state index in [2.05, 4.69) is 11.9 Å². The Labute approximate surface area is 112 Å². The zero-order valence-corrected chi connectivity index (χ0v) is 11.6. The summed E-state index contributed by atoms with van der Waals surface area (Å²) in [6.07, 6.45) is 3.35. The summed E-state index contributed by atoms with van der Waals surface area (Å²) in [4.78, 5) is 17.7. The first-order valence-electron chi connectivity index (χ1n) is 6.51. The highest BCUT2D eigenvalue weighted by Crippen LogP contribution is 2.27. The second-order valence-corrected chi connectivity index (χ2v) is 4.91. The number of methoxy groups -OCH3 is 1. The van der Waals surface area contributed by atoms with Crippen LogP contribution in [0.25, 0.3) is 0 Å². The van der Waals surface area contributed by atoms with Gasteiger partial charge in [-0.15, -0.1) is 0 Å². The normalized spacial score (nSPS) is 23.4. The first kappa shape index (κ1) is 13.9. The van der Waals surface area contributed by atoms with E-state index in [-0.39, 0.29) is 11.3 Å². The van der Waals surface area contributed by atoms with Gasteiger partial charge in [-0.05, 0) is 26.7 Å². The van der Waals surface area contributed by atoms with Gasteiger partial charge < -0.3 is 18.8 Å². The Hall–Kier alpha value is -1.56. The molecule has 106 valence electrons. The molecule has 1 fully saturated rings. The Morgan fingerprint density at radius 1 is 1.63 bits per heavy atom. The highest BCUT2D eigenvalue weighted by atomic mass is 16.5. The van der Waals surface area contributed by atoms with Gasteiger partial charge >= 0.3 is 5.97 Å². The van der Waals surface area contributed by atoms with E-state index in [4.69, 9.17) is 13.9 Å². The molecule has 0 N–H and O–H groups in total. The second-order valence-electron chi connectivity index (χ2n) is 4.91. The molecule has 1 aliphatic rings. The number of aromatic nitrogens is 1. The number of rotatable bonds is 4. The molecule has 1 aromatic rings. The molecule has 2 heterocycles. The lowest BCUT2D eigenvalue weighted by Crippen LogP contribution is -2.47. The molecule has 1 atom stereocenters. The van der Waals surface area contributed by atoms with Crippen molar-refractivity contribution in [3.05, 3.63) is 12.0 Å². The molecule has 0 aliphatic carbocycles. The van der Waals surface area contributed by atoms with Gasteiger partial charge in [-0.3, -0.25) is 0 Å². The number of hydrogen-bond acceptors (Lipinski definition) is 6. The van der Waals surface area contributed by atoms with E-state index in [1.54, 1.807) is 14.0 Å². The van der Waals surface area contributed by atoms with Crippen molar-refractivity contribution in [1.29, 1.82) is 0 Å². The predicted octanol–water partition coefficient (Wildman–Crippen LogP) is 1.86. The van der Waals surface area contributed by atoms with Crippen molar-refractivity contribution in [3.63, 3.8) is 0 Å².